The van der Waals surface area contributed by atoms with Crippen LogP contribution >= 0.6 is 0 Å². The van der Waals surface area contributed by atoms with Crippen LogP contribution in [-0.2, 0) is 17.8 Å². The van der Waals surface area contributed by atoms with Crippen LogP contribution in [0.1, 0.15) is 41.3 Å². The van der Waals surface area contributed by atoms with Crippen molar-refractivity contribution in [2.45, 2.75) is 50.5 Å². The summed E-state index contributed by atoms with van der Waals surface area (Å²) < 4.78 is 5.70. The number of carbonyl (C=O) groups excluding carboxylic acids is 2. The third-order valence-electron chi connectivity index (χ3n) is 6.54. The highest BCUT2D eigenvalue weighted by Gasteiger charge is 2.55. The molecule has 1 saturated carbocycles. The van der Waals surface area contributed by atoms with Crippen molar-refractivity contribution in [2.75, 3.05) is 18.4 Å². The zero-order valence-corrected chi connectivity index (χ0v) is 17.4. The van der Waals surface area contributed by atoms with Crippen LogP contribution in [0.25, 0.3) is 0 Å². The molecule has 8 nitrogen and oxygen atoms in total. The number of amides is 2. The maximum atomic E-state index is 12.6. The van der Waals surface area contributed by atoms with Crippen molar-refractivity contribution in [3.63, 3.8) is 0 Å². The van der Waals surface area contributed by atoms with E-state index in [0.717, 1.165) is 19.5 Å². The average molecular weight is 422 g/mol. The van der Waals surface area contributed by atoms with E-state index in [1.165, 1.54) is 17.3 Å². The Labute approximate surface area is 180 Å². The molecule has 0 saturated heterocycles. The van der Waals surface area contributed by atoms with Gasteiger partial charge in [0.25, 0.3) is 11.8 Å². The van der Waals surface area contributed by atoms with Crippen LogP contribution in [0.4, 0.5) is 5.69 Å². The Morgan fingerprint density at radius 1 is 1.35 bits per heavy atom. The van der Waals surface area contributed by atoms with Gasteiger partial charge in [0, 0.05) is 44.7 Å². The molecule has 1 aromatic heterocycles. The lowest BCUT2D eigenvalue weighted by atomic mass is 9.98. The smallest absolute Gasteiger partial charge is 0.268 e. The molecule has 31 heavy (non-hydrogen) atoms. The fourth-order valence-electron chi connectivity index (χ4n) is 4.24. The second-order valence-electron chi connectivity index (χ2n) is 8.63. The van der Waals surface area contributed by atoms with Crippen LogP contribution in [0, 0.1) is 0 Å². The van der Waals surface area contributed by atoms with Crippen molar-refractivity contribution in [3.05, 3.63) is 53.2 Å². The molecule has 8 heteroatoms. The lowest BCUT2D eigenvalue weighted by Crippen LogP contribution is -2.48. The molecule has 1 fully saturated rings. The summed E-state index contributed by atoms with van der Waals surface area (Å²) in [5.41, 5.74) is 2.59. The van der Waals surface area contributed by atoms with E-state index in [4.69, 9.17) is 4.74 Å². The summed E-state index contributed by atoms with van der Waals surface area (Å²) in [6.07, 6.45) is 3.04. The van der Waals surface area contributed by atoms with E-state index < -0.39 is 11.7 Å². The normalized spacial score (nSPS) is 20.6. The van der Waals surface area contributed by atoms with Crippen molar-refractivity contribution in [2.24, 2.45) is 0 Å². The van der Waals surface area contributed by atoms with E-state index in [1.807, 2.05) is 13.0 Å². The minimum atomic E-state index is -0.765. The Morgan fingerprint density at radius 3 is 2.90 bits per heavy atom. The second-order valence-corrected chi connectivity index (χ2v) is 8.63. The van der Waals surface area contributed by atoms with Gasteiger partial charge in [-0.05, 0) is 30.5 Å². The highest BCUT2D eigenvalue weighted by atomic mass is 16.5. The number of rotatable bonds is 5. The van der Waals surface area contributed by atoms with Gasteiger partial charge in [-0.25, -0.2) is 4.98 Å². The molecule has 2 aromatic rings. The largest absolute Gasteiger partial charge is 0.459 e. The Morgan fingerprint density at radius 2 is 2.13 bits per heavy atom. The first kappa shape index (κ1) is 20.0. The van der Waals surface area contributed by atoms with E-state index in [2.05, 4.69) is 38.7 Å². The highest BCUT2D eigenvalue weighted by Crippen LogP contribution is 2.45. The zero-order chi connectivity index (χ0) is 21.6. The molecular formula is C23H26N4O4. The summed E-state index contributed by atoms with van der Waals surface area (Å²) in [5, 5.41) is 16.2. The minimum absolute atomic E-state index is 0.0993. The number of nitrogens with zero attached hydrogens (tertiary/aromatic N) is 2. The topological polar surface area (TPSA) is 104 Å². The van der Waals surface area contributed by atoms with Crippen LogP contribution in [0.15, 0.2) is 36.5 Å². The van der Waals surface area contributed by atoms with Gasteiger partial charge in [0.05, 0.1) is 11.7 Å². The number of aromatic nitrogens is 1. The summed E-state index contributed by atoms with van der Waals surface area (Å²) in [7, 11) is 0. The van der Waals surface area contributed by atoms with Gasteiger partial charge in [-0.2, -0.15) is 0 Å². The molecule has 1 aliphatic carbocycles. The summed E-state index contributed by atoms with van der Waals surface area (Å²) >= 11 is 0. The number of ether oxygens (including phenoxy) is 1. The van der Waals surface area contributed by atoms with Crippen molar-refractivity contribution in [1.29, 1.82) is 0 Å². The Bertz CT molecular complexity index is 1040. The van der Waals surface area contributed by atoms with Crippen molar-refractivity contribution in [1.82, 2.24) is 15.2 Å². The summed E-state index contributed by atoms with van der Waals surface area (Å²) in [4.78, 5) is 31.2. The van der Waals surface area contributed by atoms with Crippen LogP contribution < -0.4 is 15.4 Å². The molecule has 2 atom stereocenters. The van der Waals surface area contributed by atoms with Gasteiger partial charge in [-0.1, -0.05) is 24.3 Å². The SMILES string of the molecule is C[C@H]([C@H](O)CNC(=O)c1cnc2c(c1)NC(=O)C1(CC1)O2)N1CCc2ccccc2C1. The maximum absolute atomic E-state index is 12.6. The molecule has 1 aromatic carbocycles. The number of carbonyl (C=O) groups is 2. The molecule has 0 unspecified atom stereocenters. The first-order chi connectivity index (χ1) is 14.9. The van der Waals surface area contributed by atoms with E-state index in [-0.39, 0.29) is 24.4 Å². The van der Waals surface area contributed by atoms with Crippen LogP contribution in [0.3, 0.4) is 0 Å². The third kappa shape index (κ3) is 3.77. The zero-order valence-electron chi connectivity index (χ0n) is 17.4. The predicted molar refractivity (Wildman–Crippen MR) is 114 cm³/mol. The van der Waals surface area contributed by atoms with E-state index >= 15 is 0 Å². The van der Waals surface area contributed by atoms with Gasteiger partial charge in [0.1, 0.15) is 5.69 Å². The number of aliphatic hydroxyl groups is 1. The first-order valence-electron chi connectivity index (χ1n) is 10.7. The fourth-order valence-corrected chi connectivity index (χ4v) is 4.24. The van der Waals surface area contributed by atoms with E-state index in [0.29, 0.717) is 30.0 Å². The maximum Gasteiger partial charge on any atom is 0.268 e. The number of fused-ring (bicyclic) bond motifs is 2. The van der Waals surface area contributed by atoms with Crippen LogP contribution in [0.2, 0.25) is 0 Å². The molecule has 2 aliphatic heterocycles. The van der Waals surface area contributed by atoms with Crippen molar-refractivity contribution in [3.8, 4) is 5.88 Å². The molecular weight excluding hydrogens is 396 g/mol. The summed E-state index contributed by atoms with van der Waals surface area (Å²) in [6, 6.07) is 9.82. The van der Waals surface area contributed by atoms with E-state index in [9.17, 15) is 14.7 Å². The fraction of sp³-hybridized carbons (Fsp3) is 0.435. The third-order valence-corrected chi connectivity index (χ3v) is 6.54. The average Bonchev–Trinajstić information content (AvgIpc) is 3.57. The number of benzene rings is 1. The summed E-state index contributed by atoms with van der Waals surface area (Å²) in [5.74, 6) is -0.203. The molecule has 3 aliphatic rings. The quantitative estimate of drug-likeness (QED) is 0.675. The molecule has 1 spiro atoms. The lowest BCUT2D eigenvalue weighted by molar-refractivity contribution is -0.125. The highest BCUT2D eigenvalue weighted by molar-refractivity contribution is 6.03. The van der Waals surface area contributed by atoms with Crippen LogP contribution in [0.5, 0.6) is 5.88 Å². The number of hydrogen-bond donors (Lipinski definition) is 3. The number of aliphatic hydroxyl groups excluding tert-OH is 1. The first-order valence-corrected chi connectivity index (χ1v) is 10.7. The Kier molecular flexibility index (Phi) is 4.91. The van der Waals surface area contributed by atoms with E-state index in [1.54, 1.807) is 6.07 Å². The molecule has 5 rings (SSSR count). The second kappa shape index (κ2) is 7.62. The van der Waals surface area contributed by atoms with Crippen molar-refractivity contribution < 1.29 is 19.4 Å². The minimum Gasteiger partial charge on any atom is -0.459 e. The van der Waals surface area contributed by atoms with Gasteiger partial charge in [0.15, 0.2) is 5.60 Å². The molecule has 0 radical (unpaired) electrons. The Balaban J connectivity index is 1.18. The molecule has 3 heterocycles. The molecule has 2 amide bonds. The van der Waals surface area contributed by atoms with Gasteiger partial charge in [-0.15, -0.1) is 0 Å². The van der Waals surface area contributed by atoms with Gasteiger partial charge in [-0.3, -0.25) is 14.5 Å². The monoisotopic (exact) mass is 422 g/mol. The lowest BCUT2D eigenvalue weighted by Gasteiger charge is -2.36. The predicted octanol–water partition coefficient (Wildman–Crippen LogP) is 1.48. The van der Waals surface area contributed by atoms with Gasteiger partial charge in [0.2, 0.25) is 5.88 Å². The molecule has 3 N–H and O–H groups in total. The molecule has 0 bridgehead atoms. The van der Waals surface area contributed by atoms with Gasteiger partial charge >= 0.3 is 0 Å². The Hall–Kier alpha value is -2.97. The number of pyridine rings is 1. The van der Waals surface area contributed by atoms with Crippen molar-refractivity contribution >= 4 is 17.5 Å². The molecule has 162 valence electrons. The summed E-state index contributed by atoms with van der Waals surface area (Å²) in [6.45, 7) is 3.77. The number of nitrogens with one attached hydrogen (secondary N) is 2. The van der Waals surface area contributed by atoms with Gasteiger partial charge < -0.3 is 20.5 Å². The number of anilines is 1. The number of hydrogen-bond acceptors (Lipinski definition) is 6. The van der Waals surface area contributed by atoms with Crippen LogP contribution in [-0.4, -0.2) is 57.6 Å². The standard InChI is InChI=1S/C23H26N4O4/c1-14(27-9-6-15-4-2-3-5-16(15)13-27)19(28)12-24-20(29)17-10-18-21(25-11-17)31-23(7-8-23)22(30)26-18/h2-5,10-11,14,19,28H,6-9,12-13H2,1H3,(H,24,29)(H,26,30)/t14-,19-/m1/s1.